The van der Waals surface area contributed by atoms with E-state index in [1.54, 1.807) is 0 Å². The van der Waals surface area contributed by atoms with E-state index in [1.807, 2.05) is 59.5 Å². The van der Waals surface area contributed by atoms with E-state index in [2.05, 4.69) is 5.32 Å². The summed E-state index contributed by atoms with van der Waals surface area (Å²) < 4.78 is 5.77. The van der Waals surface area contributed by atoms with Gasteiger partial charge >= 0.3 is 0 Å². The molecule has 2 aliphatic rings. The number of para-hydroxylation sites is 1. The fourth-order valence-corrected chi connectivity index (χ4v) is 4.03. The van der Waals surface area contributed by atoms with Crippen LogP contribution in [0.2, 0.25) is 0 Å². The summed E-state index contributed by atoms with van der Waals surface area (Å²) in [5.41, 5.74) is 1.85. The topological polar surface area (TPSA) is 41.6 Å². The highest BCUT2D eigenvalue weighted by Crippen LogP contribution is 2.27. The molecule has 4 rings (SSSR count). The van der Waals surface area contributed by atoms with Gasteiger partial charge in [0.2, 0.25) is 0 Å². The molecular weight excluding hydrogens is 324 g/mol. The summed E-state index contributed by atoms with van der Waals surface area (Å²) in [6, 6.07) is 17.6. The summed E-state index contributed by atoms with van der Waals surface area (Å²) >= 11 is 0. The molecule has 136 valence electrons. The zero-order valence-corrected chi connectivity index (χ0v) is 15.1. The summed E-state index contributed by atoms with van der Waals surface area (Å²) in [6.45, 7) is 4.49. The predicted octanol–water partition coefficient (Wildman–Crippen LogP) is 3.34. The maximum absolute atomic E-state index is 12.8. The highest BCUT2D eigenvalue weighted by atomic mass is 16.5. The molecule has 0 radical (unpaired) electrons. The van der Waals surface area contributed by atoms with Crippen molar-refractivity contribution in [2.45, 2.75) is 19.4 Å². The van der Waals surface area contributed by atoms with Gasteiger partial charge in [-0.05, 0) is 67.6 Å². The van der Waals surface area contributed by atoms with Crippen molar-refractivity contribution in [3.05, 3.63) is 65.7 Å². The Morgan fingerprint density at radius 1 is 0.962 bits per heavy atom. The van der Waals surface area contributed by atoms with Gasteiger partial charge in [-0.1, -0.05) is 30.3 Å². The number of carbonyl (C=O) groups is 1. The number of benzene rings is 2. The third-order valence-corrected chi connectivity index (χ3v) is 5.66. The maximum Gasteiger partial charge on any atom is 0.253 e. The number of likely N-dealkylation sites (tertiary alicyclic amines) is 1. The molecule has 1 N–H and O–H groups in total. The van der Waals surface area contributed by atoms with Crippen molar-refractivity contribution in [1.29, 1.82) is 0 Å². The molecule has 2 aromatic rings. The van der Waals surface area contributed by atoms with Crippen molar-refractivity contribution in [1.82, 2.24) is 10.2 Å². The van der Waals surface area contributed by atoms with Crippen LogP contribution >= 0.6 is 0 Å². The zero-order chi connectivity index (χ0) is 17.8. The number of carbonyl (C=O) groups excluding carboxylic acids is 1. The van der Waals surface area contributed by atoms with Crippen LogP contribution < -0.4 is 10.1 Å². The van der Waals surface area contributed by atoms with Crippen LogP contribution in [0.15, 0.2) is 54.6 Å². The molecule has 2 aliphatic heterocycles. The molecule has 0 saturated carbocycles. The van der Waals surface area contributed by atoms with Crippen molar-refractivity contribution in [2.75, 3.05) is 26.2 Å². The molecule has 0 spiro atoms. The average molecular weight is 350 g/mol. The van der Waals surface area contributed by atoms with Crippen LogP contribution in [-0.4, -0.2) is 37.0 Å². The first-order valence-electron chi connectivity index (χ1n) is 9.56. The van der Waals surface area contributed by atoms with Crippen molar-refractivity contribution in [3.8, 4) is 5.75 Å². The zero-order valence-electron chi connectivity index (χ0n) is 15.1. The van der Waals surface area contributed by atoms with Gasteiger partial charge in [-0.2, -0.15) is 0 Å². The van der Waals surface area contributed by atoms with Crippen LogP contribution in [0.1, 0.15) is 28.8 Å². The van der Waals surface area contributed by atoms with E-state index in [9.17, 15) is 4.79 Å². The number of rotatable bonds is 4. The molecule has 2 heterocycles. The number of nitrogens with one attached hydrogen (secondary N) is 1. The van der Waals surface area contributed by atoms with Gasteiger partial charge in [-0.25, -0.2) is 0 Å². The summed E-state index contributed by atoms with van der Waals surface area (Å²) in [6.07, 6.45) is 2.23. The van der Waals surface area contributed by atoms with Crippen LogP contribution in [0.5, 0.6) is 5.75 Å². The summed E-state index contributed by atoms with van der Waals surface area (Å²) in [5.74, 6) is 2.50. The minimum atomic E-state index is 0.161. The van der Waals surface area contributed by atoms with E-state index in [1.165, 1.54) is 0 Å². The number of hydrogen-bond donors (Lipinski definition) is 1. The third kappa shape index (κ3) is 3.91. The lowest BCUT2D eigenvalue weighted by Crippen LogP contribution is -2.32. The summed E-state index contributed by atoms with van der Waals surface area (Å²) in [4.78, 5) is 14.9. The molecule has 2 aromatic carbocycles. The van der Waals surface area contributed by atoms with Gasteiger partial charge in [-0.15, -0.1) is 0 Å². The molecule has 1 amide bonds. The molecule has 0 aliphatic carbocycles. The molecule has 0 aromatic heterocycles. The first kappa shape index (κ1) is 17.1. The van der Waals surface area contributed by atoms with Gasteiger partial charge < -0.3 is 15.0 Å². The molecule has 26 heavy (non-hydrogen) atoms. The number of fused-ring (bicyclic) bond motifs is 1. The molecule has 0 unspecified atom stereocenters. The van der Waals surface area contributed by atoms with E-state index in [4.69, 9.17) is 4.74 Å². The Kier molecular flexibility index (Phi) is 5.21. The Labute approximate surface area is 155 Å². The van der Waals surface area contributed by atoms with Crippen LogP contribution in [0.25, 0.3) is 0 Å². The normalized spacial score (nSPS) is 22.5. The van der Waals surface area contributed by atoms with Crippen molar-refractivity contribution in [2.24, 2.45) is 11.8 Å². The predicted molar refractivity (Wildman–Crippen MR) is 102 cm³/mol. The van der Waals surface area contributed by atoms with Crippen LogP contribution in [0.4, 0.5) is 0 Å². The minimum absolute atomic E-state index is 0.161. The monoisotopic (exact) mass is 350 g/mol. The number of hydrogen-bond acceptors (Lipinski definition) is 3. The summed E-state index contributed by atoms with van der Waals surface area (Å²) in [5, 5.41) is 3.48. The molecule has 0 bridgehead atoms. The van der Waals surface area contributed by atoms with Crippen molar-refractivity contribution in [3.63, 3.8) is 0 Å². The van der Waals surface area contributed by atoms with E-state index in [0.29, 0.717) is 6.61 Å². The smallest absolute Gasteiger partial charge is 0.253 e. The van der Waals surface area contributed by atoms with E-state index in [0.717, 1.165) is 67.7 Å². The van der Waals surface area contributed by atoms with E-state index < -0.39 is 0 Å². The lowest BCUT2D eigenvalue weighted by Gasteiger charge is -2.21. The van der Waals surface area contributed by atoms with E-state index >= 15 is 0 Å². The van der Waals surface area contributed by atoms with E-state index in [-0.39, 0.29) is 5.91 Å². The molecule has 2 saturated heterocycles. The van der Waals surface area contributed by atoms with Gasteiger partial charge in [0.05, 0.1) is 0 Å². The van der Waals surface area contributed by atoms with Crippen molar-refractivity contribution < 1.29 is 9.53 Å². The fourth-order valence-electron chi connectivity index (χ4n) is 4.03. The van der Waals surface area contributed by atoms with Crippen LogP contribution in [-0.2, 0) is 6.61 Å². The van der Waals surface area contributed by atoms with Crippen LogP contribution in [0, 0.1) is 11.8 Å². The summed E-state index contributed by atoms with van der Waals surface area (Å²) in [7, 11) is 0. The van der Waals surface area contributed by atoms with Crippen molar-refractivity contribution >= 4 is 5.91 Å². The SMILES string of the molecule is O=C(c1ccc(COc2ccccc2)cc1)N1CC[C@@H]2CNC[C@@H]2CC1. The van der Waals surface area contributed by atoms with Gasteiger partial charge in [-0.3, -0.25) is 4.79 Å². The molecule has 4 nitrogen and oxygen atoms in total. The first-order chi connectivity index (χ1) is 12.8. The Morgan fingerprint density at radius 2 is 1.62 bits per heavy atom. The standard InChI is InChI=1S/C22H26N2O2/c25-22(24-12-10-19-14-23-15-20(19)11-13-24)18-8-6-17(7-9-18)16-26-21-4-2-1-3-5-21/h1-9,19-20,23H,10-16H2/t19-,20+. The third-order valence-electron chi connectivity index (χ3n) is 5.66. The lowest BCUT2D eigenvalue weighted by atomic mass is 9.92. The highest BCUT2D eigenvalue weighted by Gasteiger charge is 2.31. The maximum atomic E-state index is 12.8. The van der Waals surface area contributed by atoms with Gasteiger partial charge in [0.15, 0.2) is 0 Å². The second-order valence-corrected chi connectivity index (χ2v) is 7.35. The number of ether oxygens (including phenoxy) is 1. The van der Waals surface area contributed by atoms with Crippen LogP contribution in [0.3, 0.4) is 0 Å². The number of nitrogens with zero attached hydrogens (tertiary/aromatic N) is 1. The van der Waals surface area contributed by atoms with Gasteiger partial charge in [0, 0.05) is 18.7 Å². The second-order valence-electron chi connectivity index (χ2n) is 7.35. The average Bonchev–Trinajstić information content (AvgIpc) is 3.05. The first-order valence-corrected chi connectivity index (χ1v) is 9.56. The largest absolute Gasteiger partial charge is 0.489 e. The highest BCUT2D eigenvalue weighted by molar-refractivity contribution is 5.94. The molecular formula is C22H26N2O2. The molecule has 2 fully saturated rings. The van der Waals surface area contributed by atoms with Gasteiger partial charge in [0.1, 0.15) is 12.4 Å². The second kappa shape index (κ2) is 7.92. The quantitative estimate of drug-likeness (QED) is 0.920. The Balaban J connectivity index is 1.34. The molecule has 4 heteroatoms. The molecule has 2 atom stereocenters. The Hall–Kier alpha value is -2.33. The van der Waals surface area contributed by atoms with Gasteiger partial charge in [0.25, 0.3) is 5.91 Å². The fraction of sp³-hybridized carbons (Fsp3) is 0.409. The Morgan fingerprint density at radius 3 is 2.27 bits per heavy atom. The number of amides is 1. The lowest BCUT2D eigenvalue weighted by molar-refractivity contribution is 0.0758. The minimum Gasteiger partial charge on any atom is -0.489 e. The Bertz CT molecular complexity index is 716.